The summed E-state index contributed by atoms with van der Waals surface area (Å²) in [6.07, 6.45) is 2.28. The summed E-state index contributed by atoms with van der Waals surface area (Å²) in [5, 5.41) is 0. The molecule has 0 saturated heterocycles. The molecule has 0 heterocycles. The van der Waals surface area contributed by atoms with Gasteiger partial charge in [0.15, 0.2) is 0 Å². The SMILES string of the molecule is O=[P+](O)O.[CH2-]CCC.[Ni]. The Labute approximate surface area is 66.4 Å². The summed E-state index contributed by atoms with van der Waals surface area (Å²) in [6.45, 7) is 5.72. The molecular weight excluding hydrogens is 186 g/mol. The van der Waals surface area contributed by atoms with Crippen molar-refractivity contribution < 1.29 is 30.8 Å². The van der Waals surface area contributed by atoms with Gasteiger partial charge in [-0.05, 0) is 0 Å². The number of hydrogen-bond acceptors (Lipinski definition) is 1. The van der Waals surface area contributed by atoms with E-state index in [1.165, 1.54) is 6.42 Å². The fraction of sp³-hybridized carbons (Fsp3) is 0.750. The molecule has 0 radical (unpaired) electrons. The van der Waals surface area contributed by atoms with Crippen LogP contribution in [0, 0.1) is 6.92 Å². The van der Waals surface area contributed by atoms with Gasteiger partial charge < -0.3 is 6.92 Å². The van der Waals surface area contributed by atoms with E-state index < -0.39 is 8.25 Å². The summed E-state index contributed by atoms with van der Waals surface area (Å²) >= 11 is 0. The fourth-order valence-corrected chi connectivity index (χ4v) is 0. The third-order valence-electron chi connectivity index (χ3n) is 0.354. The third-order valence-corrected chi connectivity index (χ3v) is 0.354. The van der Waals surface area contributed by atoms with Gasteiger partial charge >= 0.3 is 8.25 Å². The minimum Gasteiger partial charge on any atom is -0.343 e. The van der Waals surface area contributed by atoms with Gasteiger partial charge in [-0.15, -0.1) is 9.79 Å². The molecule has 0 aliphatic carbocycles. The van der Waals surface area contributed by atoms with Gasteiger partial charge in [0.05, 0.1) is 0 Å². The molecule has 0 rings (SSSR count). The topological polar surface area (TPSA) is 57.5 Å². The van der Waals surface area contributed by atoms with E-state index in [1.807, 2.05) is 0 Å². The van der Waals surface area contributed by atoms with Crippen molar-refractivity contribution in [2.75, 3.05) is 0 Å². The smallest absolute Gasteiger partial charge is 0.343 e. The second-order valence-electron chi connectivity index (χ2n) is 1.11. The molecule has 60 valence electrons. The summed E-state index contributed by atoms with van der Waals surface area (Å²) < 4.78 is 8.70. The number of unbranched alkanes of at least 4 members (excludes halogenated alkanes) is 1. The largest absolute Gasteiger partial charge is 0.692 e. The van der Waals surface area contributed by atoms with Gasteiger partial charge in [0, 0.05) is 21.1 Å². The maximum atomic E-state index is 8.70. The first-order chi connectivity index (χ1) is 3.65. The standard InChI is InChI=1S/C4H9.Ni.HO3P/c1-3-4-2;;1-4(2)3/h1,3-4H2,2H3;;(H-,1,2,3)/q-1;;/p+1. The van der Waals surface area contributed by atoms with Crippen LogP contribution in [0.15, 0.2) is 0 Å². The van der Waals surface area contributed by atoms with Crippen molar-refractivity contribution in [1.82, 2.24) is 0 Å². The van der Waals surface area contributed by atoms with Crippen molar-refractivity contribution in [3.63, 3.8) is 0 Å². The minimum atomic E-state index is -2.87. The molecule has 2 N–H and O–H groups in total. The van der Waals surface area contributed by atoms with Crippen LogP contribution in [-0.4, -0.2) is 9.79 Å². The zero-order valence-corrected chi connectivity index (χ0v) is 7.07. The molecule has 0 spiro atoms. The van der Waals surface area contributed by atoms with Crippen LogP contribution in [0.4, 0.5) is 0 Å². The molecule has 3 nitrogen and oxygen atoms in total. The zero-order valence-electron chi connectivity index (χ0n) is 5.19. The Bertz CT molecular complexity index is 53.8. The quantitative estimate of drug-likeness (QED) is 0.377. The summed E-state index contributed by atoms with van der Waals surface area (Å²) in [7, 11) is -2.87. The molecule has 0 atom stereocenters. The summed E-state index contributed by atoms with van der Waals surface area (Å²) in [5.41, 5.74) is 0. The van der Waals surface area contributed by atoms with Crippen LogP contribution in [0.5, 0.6) is 0 Å². The summed E-state index contributed by atoms with van der Waals surface area (Å²) in [6, 6.07) is 0. The Morgan fingerprint density at radius 1 is 1.56 bits per heavy atom. The van der Waals surface area contributed by atoms with Crippen molar-refractivity contribution in [3.05, 3.63) is 6.92 Å². The molecule has 0 bridgehead atoms. The molecule has 9 heavy (non-hydrogen) atoms. The molecule has 0 amide bonds. The third kappa shape index (κ3) is 158. The van der Waals surface area contributed by atoms with Gasteiger partial charge in [0.25, 0.3) is 0 Å². The van der Waals surface area contributed by atoms with Gasteiger partial charge in [-0.2, -0.15) is 6.42 Å². The van der Waals surface area contributed by atoms with E-state index >= 15 is 0 Å². The molecule has 0 aromatic rings. The van der Waals surface area contributed by atoms with E-state index in [1.54, 1.807) is 0 Å². The Kier molecular flexibility index (Phi) is 28.6. The monoisotopic (exact) mass is 196 g/mol. The normalized spacial score (nSPS) is 6.22. The summed E-state index contributed by atoms with van der Waals surface area (Å²) in [4.78, 5) is 14.2. The minimum absolute atomic E-state index is 0. The van der Waals surface area contributed by atoms with Crippen molar-refractivity contribution in [2.24, 2.45) is 0 Å². The van der Waals surface area contributed by atoms with Crippen LogP contribution in [0.1, 0.15) is 19.8 Å². The Hall–Kier alpha value is 0.514. The average molecular weight is 197 g/mol. The molecule has 0 aromatic carbocycles. The zero-order chi connectivity index (χ0) is 6.99. The predicted octanol–water partition coefficient (Wildman–Crippen LogP) is 1.25. The van der Waals surface area contributed by atoms with Gasteiger partial charge in [-0.1, -0.05) is 13.3 Å². The van der Waals surface area contributed by atoms with Gasteiger partial charge in [0.2, 0.25) is 0 Å². The van der Waals surface area contributed by atoms with E-state index in [-0.39, 0.29) is 16.5 Å². The van der Waals surface area contributed by atoms with E-state index in [9.17, 15) is 0 Å². The van der Waals surface area contributed by atoms with Crippen LogP contribution in [-0.2, 0) is 21.1 Å². The van der Waals surface area contributed by atoms with Crippen LogP contribution >= 0.6 is 8.25 Å². The van der Waals surface area contributed by atoms with Crippen LogP contribution in [0.25, 0.3) is 0 Å². The van der Waals surface area contributed by atoms with Gasteiger partial charge in [-0.3, -0.25) is 0 Å². The first kappa shape index (κ1) is 16.3. The maximum absolute atomic E-state index is 8.70. The fourth-order valence-electron chi connectivity index (χ4n) is 0. The maximum Gasteiger partial charge on any atom is 0.692 e. The Morgan fingerprint density at radius 3 is 1.67 bits per heavy atom. The average Bonchev–Trinajstić information content (AvgIpc) is 1.65. The molecule has 0 aromatic heterocycles. The number of rotatable bonds is 1. The van der Waals surface area contributed by atoms with E-state index in [2.05, 4.69) is 13.8 Å². The van der Waals surface area contributed by atoms with E-state index in [0.717, 1.165) is 6.42 Å². The van der Waals surface area contributed by atoms with Crippen molar-refractivity contribution >= 4 is 8.25 Å². The summed E-state index contributed by atoms with van der Waals surface area (Å²) in [5.74, 6) is 0. The van der Waals surface area contributed by atoms with Gasteiger partial charge in [0.1, 0.15) is 0 Å². The van der Waals surface area contributed by atoms with Crippen molar-refractivity contribution in [3.8, 4) is 0 Å². The van der Waals surface area contributed by atoms with E-state index in [0.29, 0.717) is 0 Å². The number of hydrogen-bond donors (Lipinski definition) is 2. The molecule has 0 unspecified atom stereocenters. The van der Waals surface area contributed by atoms with Crippen LogP contribution in [0.3, 0.4) is 0 Å². The second kappa shape index (κ2) is 15.8. The van der Waals surface area contributed by atoms with Crippen molar-refractivity contribution in [2.45, 2.75) is 19.8 Å². The second-order valence-corrected chi connectivity index (χ2v) is 1.61. The van der Waals surface area contributed by atoms with E-state index in [4.69, 9.17) is 14.4 Å². The molecular formula is C4H11NiO3P. The Balaban J connectivity index is -0.0000000720. The molecule has 0 aliphatic heterocycles. The predicted molar refractivity (Wildman–Crippen MR) is 32.3 cm³/mol. The first-order valence-electron chi connectivity index (χ1n) is 2.29. The molecule has 0 fully saturated rings. The molecule has 0 saturated carbocycles. The van der Waals surface area contributed by atoms with Crippen molar-refractivity contribution in [1.29, 1.82) is 0 Å². The molecule has 5 heteroatoms. The Morgan fingerprint density at radius 2 is 1.67 bits per heavy atom. The van der Waals surface area contributed by atoms with Gasteiger partial charge in [-0.25, -0.2) is 0 Å². The van der Waals surface area contributed by atoms with Crippen LogP contribution < -0.4 is 0 Å². The van der Waals surface area contributed by atoms with Crippen LogP contribution in [0.2, 0.25) is 0 Å². The molecule has 0 aliphatic rings. The first-order valence-corrected chi connectivity index (χ1v) is 3.45.